The molecule has 2 aromatic rings. The Hall–Kier alpha value is -2.47. The van der Waals surface area contributed by atoms with Crippen LogP contribution in [0.4, 0.5) is 11.6 Å². The van der Waals surface area contributed by atoms with Crippen molar-refractivity contribution in [3.05, 3.63) is 48.3 Å². The minimum absolute atomic E-state index is 0.230. The number of rotatable bonds is 7. The van der Waals surface area contributed by atoms with Gasteiger partial charge in [-0.15, -0.1) is 0 Å². The molecule has 3 rings (SSSR count). The number of aromatic nitrogens is 2. The van der Waals surface area contributed by atoms with E-state index in [2.05, 4.69) is 21.3 Å². The Kier molecular flexibility index (Phi) is 5.95. The van der Waals surface area contributed by atoms with Crippen LogP contribution in [-0.2, 0) is 11.2 Å². The summed E-state index contributed by atoms with van der Waals surface area (Å²) < 4.78 is 0. The predicted molar refractivity (Wildman–Crippen MR) is 96.9 cm³/mol. The average Bonchev–Trinajstić information content (AvgIpc) is 2.62. The van der Waals surface area contributed by atoms with Crippen molar-refractivity contribution in [1.29, 1.82) is 0 Å². The van der Waals surface area contributed by atoms with E-state index in [4.69, 9.17) is 10.1 Å². The van der Waals surface area contributed by atoms with Crippen LogP contribution in [0.5, 0.6) is 0 Å². The lowest BCUT2D eigenvalue weighted by Gasteiger charge is -2.31. The molecule has 0 atom stereocenters. The molecule has 0 unspecified atom stereocenters. The van der Waals surface area contributed by atoms with Crippen molar-refractivity contribution in [2.75, 3.05) is 25.0 Å². The molecule has 2 aromatic heterocycles. The summed E-state index contributed by atoms with van der Waals surface area (Å²) in [6.07, 6.45) is 5.14. The molecular weight excluding hydrogens is 316 g/mol. The van der Waals surface area contributed by atoms with Crippen molar-refractivity contribution >= 4 is 17.6 Å². The third kappa shape index (κ3) is 5.53. The number of pyridine rings is 2. The quantitative estimate of drug-likeness (QED) is 0.807. The van der Waals surface area contributed by atoms with Crippen molar-refractivity contribution < 1.29 is 9.90 Å². The SMILES string of the molecule is O=C(O)CCN1CCC(Cc2cccc(Nc3ccccn3)n2)CC1. The zero-order chi connectivity index (χ0) is 17.5. The molecule has 132 valence electrons. The standard InChI is InChI=1S/C19H24N4O2/c24-19(25)9-13-23-11-7-15(8-12-23)14-16-4-3-6-18(21-16)22-17-5-1-2-10-20-17/h1-6,10,15H,7-9,11-14H2,(H,24,25)(H,20,21,22). The van der Waals surface area contributed by atoms with Gasteiger partial charge < -0.3 is 15.3 Å². The number of aliphatic carboxylic acids is 1. The van der Waals surface area contributed by atoms with Crippen LogP contribution in [0.15, 0.2) is 42.6 Å². The minimum atomic E-state index is -0.719. The second-order valence-electron chi connectivity index (χ2n) is 6.49. The number of carboxylic acids is 1. The predicted octanol–water partition coefficient (Wildman–Crippen LogP) is 2.95. The molecular formula is C19H24N4O2. The molecule has 2 N–H and O–H groups in total. The molecule has 3 heterocycles. The minimum Gasteiger partial charge on any atom is -0.481 e. The lowest BCUT2D eigenvalue weighted by molar-refractivity contribution is -0.137. The summed E-state index contributed by atoms with van der Waals surface area (Å²) in [5, 5.41) is 12.0. The van der Waals surface area contributed by atoms with Gasteiger partial charge in [0.15, 0.2) is 0 Å². The maximum Gasteiger partial charge on any atom is 0.304 e. The number of anilines is 2. The number of nitrogens with one attached hydrogen (secondary N) is 1. The summed E-state index contributed by atoms with van der Waals surface area (Å²) >= 11 is 0. The molecule has 25 heavy (non-hydrogen) atoms. The van der Waals surface area contributed by atoms with Gasteiger partial charge in [-0.1, -0.05) is 12.1 Å². The molecule has 0 spiro atoms. The van der Waals surface area contributed by atoms with Crippen molar-refractivity contribution in [3.63, 3.8) is 0 Å². The monoisotopic (exact) mass is 340 g/mol. The first kappa shape index (κ1) is 17.4. The average molecular weight is 340 g/mol. The highest BCUT2D eigenvalue weighted by Gasteiger charge is 2.20. The van der Waals surface area contributed by atoms with Gasteiger partial charge in [0.2, 0.25) is 0 Å². The molecule has 0 aromatic carbocycles. The fraction of sp³-hybridized carbons (Fsp3) is 0.421. The number of piperidine rings is 1. The first-order chi connectivity index (χ1) is 12.2. The molecule has 0 bridgehead atoms. The van der Waals surface area contributed by atoms with Crippen LogP contribution in [0.2, 0.25) is 0 Å². The second kappa shape index (κ2) is 8.58. The van der Waals surface area contributed by atoms with Crippen molar-refractivity contribution in [2.45, 2.75) is 25.7 Å². The molecule has 0 amide bonds. The topological polar surface area (TPSA) is 78.4 Å². The molecule has 0 aliphatic carbocycles. The zero-order valence-corrected chi connectivity index (χ0v) is 14.3. The van der Waals surface area contributed by atoms with Crippen LogP contribution in [0.1, 0.15) is 25.0 Å². The second-order valence-corrected chi connectivity index (χ2v) is 6.49. The summed E-state index contributed by atoms with van der Waals surface area (Å²) in [6.45, 7) is 2.61. The van der Waals surface area contributed by atoms with E-state index in [1.807, 2.05) is 30.3 Å². The van der Waals surface area contributed by atoms with E-state index in [-0.39, 0.29) is 6.42 Å². The zero-order valence-electron chi connectivity index (χ0n) is 14.3. The van der Waals surface area contributed by atoms with Crippen LogP contribution in [0, 0.1) is 5.92 Å². The summed E-state index contributed by atoms with van der Waals surface area (Å²) in [7, 11) is 0. The van der Waals surface area contributed by atoms with Gasteiger partial charge in [-0.05, 0) is 62.5 Å². The lowest BCUT2D eigenvalue weighted by Crippen LogP contribution is -2.35. The highest BCUT2D eigenvalue weighted by molar-refractivity contribution is 5.66. The summed E-state index contributed by atoms with van der Waals surface area (Å²) in [6, 6.07) is 11.8. The van der Waals surface area contributed by atoms with Crippen LogP contribution >= 0.6 is 0 Å². The van der Waals surface area contributed by atoms with E-state index in [0.717, 1.165) is 49.7 Å². The van der Waals surface area contributed by atoms with Gasteiger partial charge in [-0.3, -0.25) is 4.79 Å². The molecule has 0 radical (unpaired) electrons. The number of hydrogen-bond acceptors (Lipinski definition) is 5. The van der Waals surface area contributed by atoms with Gasteiger partial charge in [0.25, 0.3) is 0 Å². The lowest BCUT2D eigenvalue weighted by atomic mass is 9.92. The summed E-state index contributed by atoms with van der Waals surface area (Å²) in [5.41, 5.74) is 1.09. The first-order valence-electron chi connectivity index (χ1n) is 8.77. The third-order valence-electron chi connectivity index (χ3n) is 4.57. The summed E-state index contributed by atoms with van der Waals surface area (Å²) in [5.74, 6) is 1.50. The van der Waals surface area contributed by atoms with Crippen molar-refractivity contribution in [2.24, 2.45) is 5.92 Å². The number of likely N-dealkylation sites (tertiary alicyclic amines) is 1. The summed E-state index contributed by atoms with van der Waals surface area (Å²) in [4.78, 5) is 21.9. The highest BCUT2D eigenvalue weighted by Crippen LogP contribution is 2.22. The Morgan fingerprint density at radius 2 is 1.96 bits per heavy atom. The number of carbonyl (C=O) groups is 1. The maximum atomic E-state index is 10.7. The van der Waals surface area contributed by atoms with E-state index in [1.165, 1.54) is 0 Å². The van der Waals surface area contributed by atoms with E-state index in [1.54, 1.807) is 6.20 Å². The van der Waals surface area contributed by atoms with E-state index >= 15 is 0 Å². The molecule has 1 aliphatic rings. The van der Waals surface area contributed by atoms with Gasteiger partial charge in [0.1, 0.15) is 11.6 Å². The van der Waals surface area contributed by atoms with Crippen LogP contribution in [-0.4, -0.2) is 45.6 Å². The Balaban J connectivity index is 1.50. The van der Waals surface area contributed by atoms with Crippen LogP contribution in [0.25, 0.3) is 0 Å². The Morgan fingerprint density at radius 1 is 1.16 bits per heavy atom. The van der Waals surface area contributed by atoms with E-state index < -0.39 is 5.97 Å². The first-order valence-corrected chi connectivity index (χ1v) is 8.77. The van der Waals surface area contributed by atoms with Crippen LogP contribution < -0.4 is 5.32 Å². The molecule has 0 saturated carbocycles. The Morgan fingerprint density at radius 3 is 2.68 bits per heavy atom. The molecule has 1 fully saturated rings. The normalized spacial score (nSPS) is 15.8. The van der Waals surface area contributed by atoms with Crippen molar-refractivity contribution in [1.82, 2.24) is 14.9 Å². The third-order valence-corrected chi connectivity index (χ3v) is 4.57. The fourth-order valence-corrected chi connectivity index (χ4v) is 3.19. The van der Waals surface area contributed by atoms with Gasteiger partial charge in [-0.25, -0.2) is 9.97 Å². The fourth-order valence-electron chi connectivity index (χ4n) is 3.19. The van der Waals surface area contributed by atoms with Gasteiger partial charge in [0, 0.05) is 18.4 Å². The van der Waals surface area contributed by atoms with Gasteiger partial charge >= 0.3 is 5.97 Å². The van der Waals surface area contributed by atoms with E-state index in [0.29, 0.717) is 12.5 Å². The van der Waals surface area contributed by atoms with Crippen molar-refractivity contribution in [3.8, 4) is 0 Å². The molecule has 6 nitrogen and oxygen atoms in total. The Labute approximate surface area is 147 Å². The number of nitrogens with zero attached hydrogens (tertiary/aromatic N) is 3. The number of carboxylic acid groups (broad SMARTS) is 1. The maximum absolute atomic E-state index is 10.7. The smallest absolute Gasteiger partial charge is 0.304 e. The van der Waals surface area contributed by atoms with Gasteiger partial charge in [-0.2, -0.15) is 0 Å². The molecule has 6 heteroatoms. The number of hydrogen-bond donors (Lipinski definition) is 2. The van der Waals surface area contributed by atoms with Gasteiger partial charge in [0.05, 0.1) is 6.42 Å². The van der Waals surface area contributed by atoms with Crippen LogP contribution in [0.3, 0.4) is 0 Å². The highest BCUT2D eigenvalue weighted by atomic mass is 16.4. The van der Waals surface area contributed by atoms with E-state index in [9.17, 15) is 4.79 Å². The molecule has 1 aliphatic heterocycles. The molecule has 1 saturated heterocycles. The largest absolute Gasteiger partial charge is 0.481 e. The Bertz CT molecular complexity index is 685.